The maximum absolute atomic E-state index is 13.4. The van der Waals surface area contributed by atoms with Gasteiger partial charge in [-0.1, -0.05) is 12.1 Å². The summed E-state index contributed by atoms with van der Waals surface area (Å²) in [4.78, 5) is 28.7. The van der Waals surface area contributed by atoms with Gasteiger partial charge in [0.15, 0.2) is 0 Å². The second-order valence-corrected chi connectivity index (χ2v) is 10.2. The molecule has 1 atom stereocenters. The zero-order chi connectivity index (χ0) is 28.5. The van der Waals surface area contributed by atoms with Gasteiger partial charge >= 0.3 is 6.09 Å². The predicted molar refractivity (Wildman–Crippen MR) is 148 cm³/mol. The van der Waals surface area contributed by atoms with Crippen LogP contribution in [-0.2, 0) is 28.5 Å². The summed E-state index contributed by atoms with van der Waals surface area (Å²) in [5.74, 6) is -0.167. The van der Waals surface area contributed by atoms with E-state index in [4.69, 9.17) is 23.7 Å². The van der Waals surface area contributed by atoms with Gasteiger partial charge in [0.05, 0.1) is 59.5 Å². The number of hydrogen-bond donors (Lipinski definition) is 2. The highest BCUT2D eigenvalue weighted by atomic mass is 16.6. The monoisotopic (exact) mass is 553 g/mol. The van der Waals surface area contributed by atoms with Gasteiger partial charge in [-0.05, 0) is 51.3 Å². The second-order valence-electron chi connectivity index (χ2n) is 10.2. The largest absolute Gasteiger partial charge is 0.465 e. The van der Waals surface area contributed by atoms with Crippen LogP contribution in [0.1, 0.15) is 45.2 Å². The first kappa shape index (κ1) is 32.8. The molecule has 39 heavy (non-hydrogen) atoms. The number of methoxy groups -OCH3 is 1. The number of ether oxygens (including phenoxy) is 5. The van der Waals surface area contributed by atoms with E-state index in [1.165, 1.54) is 4.90 Å². The van der Waals surface area contributed by atoms with Gasteiger partial charge in [0.1, 0.15) is 6.04 Å². The molecule has 1 saturated heterocycles. The summed E-state index contributed by atoms with van der Waals surface area (Å²) in [5.41, 5.74) is 0.786. The van der Waals surface area contributed by atoms with E-state index in [1.807, 2.05) is 45.0 Å². The average molecular weight is 554 g/mol. The smallest absolute Gasteiger partial charge is 0.408 e. The molecule has 0 bridgehead atoms. The number of nitrogens with zero attached hydrogens (tertiary/aromatic N) is 2. The third-order valence-electron chi connectivity index (χ3n) is 6.19. The van der Waals surface area contributed by atoms with Crippen molar-refractivity contribution in [2.24, 2.45) is 0 Å². The van der Waals surface area contributed by atoms with Crippen LogP contribution in [0.4, 0.5) is 10.5 Å². The molecular weight excluding hydrogens is 506 g/mol. The van der Waals surface area contributed by atoms with Crippen molar-refractivity contribution in [2.75, 3.05) is 91.5 Å². The third-order valence-corrected chi connectivity index (χ3v) is 6.19. The van der Waals surface area contributed by atoms with Crippen molar-refractivity contribution >= 4 is 17.7 Å². The van der Waals surface area contributed by atoms with E-state index in [9.17, 15) is 14.7 Å². The van der Waals surface area contributed by atoms with Crippen LogP contribution in [0.2, 0.25) is 0 Å². The normalized spacial score (nSPS) is 14.4. The summed E-state index contributed by atoms with van der Waals surface area (Å²) in [5, 5.41) is 13.3. The van der Waals surface area contributed by atoms with Crippen LogP contribution in [0.5, 0.6) is 0 Å². The number of hydrogen-bond acceptors (Lipinski definition) is 8. The van der Waals surface area contributed by atoms with Crippen molar-refractivity contribution in [3.63, 3.8) is 0 Å². The van der Waals surface area contributed by atoms with Crippen molar-refractivity contribution < 1.29 is 38.4 Å². The molecule has 0 saturated carbocycles. The zero-order valence-electron chi connectivity index (χ0n) is 24.0. The molecule has 2 amide bonds. The number of nitrogens with one attached hydrogen (secondary N) is 1. The SMILES string of the molecule is COCCOCCOCCOCCOCCNc1ccc([C@@H](C(=O)N2CCCC2)N(C(=O)O)C(C)(C)C)cc1. The van der Waals surface area contributed by atoms with Crippen molar-refractivity contribution in [2.45, 2.75) is 45.2 Å². The minimum Gasteiger partial charge on any atom is -0.465 e. The fraction of sp³-hybridized carbons (Fsp3) is 0.714. The summed E-state index contributed by atoms with van der Waals surface area (Å²) in [6, 6.07) is 6.50. The summed E-state index contributed by atoms with van der Waals surface area (Å²) < 4.78 is 26.7. The Kier molecular flexibility index (Phi) is 15.1. The van der Waals surface area contributed by atoms with Crippen LogP contribution >= 0.6 is 0 Å². The maximum atomic E-state index is 13.4. The number of amides is 2. The minimum absolute atomic E-state index is 0.167. The molecule has 0 aliphatic carbocycles. The van der Waals surface area contributed by atoms with Crippen LogP contribution < -0.4 is 5.32 Å². The lowest BCUT2D eigenvalue weighted by Gasteiger charge is -2.40. The maximum Gasteiger partial charge on any atom is 0.408 e. The molecule has 1 aliphatic heterocycles. The second kappa shape index (κ2) is 18.0. The number of carbonyl (C=O) groups is 2. The van der Waals surface area contributed by atoms with E-state index in [1.54, 1.807) is 12.0 Å². The lowest BCUT2D eigenvalue weighted by atomic mass is 9.97. The Morgan fingerprint density at radius 2 is 1.36 bits per heavy atom. The lowest BCUT2D eigenvalue weighted by molar-refractivity contribution is -0.137. The van der Waals surface area contributed by atoms with Gasteiger partial charge in [-0.25, -0.2) is 4.79 Å². The van der Waals surface area contributed by atoms with E-state index in [2.05, 4.69) is 5.32 Å². The number of likely N-dealkylation sites (tertiary alicyclic amines) is 1. The summed E-state index contributed by atoms with van der Waals surface area (Å²) in [7, 11) is 1.64. The molecular formula is C28H47N3O8. The van der Waals surface area contributed by atoms with Crippen molar-refractivity contribution in [1.29, 1.82) is 0 Å². The molecule has 2 rings (SSSR count). The van der Waals surface area contributed by atoms with Gasteiger partial charge < -0.3 is 39.0 Å². The standard InChI is InChI=1S/C28H47N3O8/c1-28(2,3)31(27(33)34)25(26(32)30-12-5-6-13-30)23-7-9-24(10-8-23)29-11-14-36-17-18-38-21-22-39-20-19-37-16-15-35-4/h7-10,25,29H,5-6,11-22H2,1-4H3,(H,33,34)/t25-/m0/s1. The predicted octanol–water partition coefficient (Wildman–Crippen LogP) is 3.25. The van der Waals surface area contributed by atoms with Crippen LogP contribution in [0.3, 0.4) is 0 Å². The number of carboxylic acid groups (broad SMARTS) is 1. The molecule has 0 aromatic heterocycles. The minimum atomic E-state index is -1.11. The Bertz CT molecular complexity index is 825. The molecule has 1 aliphatic rings. The van der Waals surface area contributed by atoms with Crippen molar-refractivity contribution in [3.05, 3.63) is 29.8 Å². The first-order valence-corrected chi connectivity index (χ1v) is 13.7. The molecule has 2 N–H and O–H groups in total. The molecule has 11 nitrogen and oxygen atoms in total. The Labute approximate surface area is 232 Å². The Balaban J connectivity index is 1.71. The highest BCUT2D eigenvalue weighted by molar-refractivity contribution is 5.87. The highest BCUT2D eigenvalue weighted by Crippen LogP contribution is 2.32. The molecule has 0 radical (unpaired) electrons. The lowest BCUT2D eigenvalue weighted by Crippen LogP contribution is -2.52. The zero-order valence-corrected chi connectivity index (χ0v) is 24.0. The van der Waals surface area contributed by atoms with E-state index in [0.717, 1.165) is 18.5 Å². The first-order valence-electron chi connectivity index (χ1n) is 13.7. The van der Waals surface area contributed by atoms with Crippen LogP contribution in [0, 0.1) is 0 Å². The van der Waals surface area contributed by atoms with Crippen LogP contribution in [-0.4, -0.2) is 119 Å². The number of benzene rings is 1. The first-order chi connectivity index (χ1) is 18.8. The molecule has 1 fully saturated rings. The van der Waals surface area contributed by atoms with E-state index in [-0.39, 0.29) is 5.91 Å². The Morgan fingerprint density at radius 3 is 1.82 bits per heavy atom. The van der Waals surface area contributed by atoms with Crippen LogP contribution in [0.25, 0.3) is 0 Å². The fourth-order valence-corrected chi connectivity index (χ4v) is 4.25. The van der Waals surface area contributed by atoms with Gasteiger partial charge in [-0.2, -0.15) is 0 Å². The Hall–Kier alpha value is -2.44. The summed E-state index contributed by atoms with van der Waals surface area (Å²) in [6.07, 6.45) is 0.774. The van der Waals surface area contributed by atoms with E-state index in [0.29, 0.717) is 84.7 Å². The number of carbonyl (C=O) groups excluding carboxylic acids is 1. The fourth-order valence-electron chi connectivity index (χ4n) is 4.25. The summed E-state index contributed by atoms with van der Waals surface area (Å²) >= 11 is 0. The van der Waals surface area contributed by atoms with E-state index >= 15 is 0 Å². The van der Waals surface area contributed by atoms with Gasteiger partial charge in [-0.3, -0.25) is 9.69 Å². The van der Waals surface area contributed by atoms with Gasteiger partial charge in [0.2, 0.25) is 5.91 Å². The topological polar surface area (TPSA) is 119 Å². The van der Waals surface area contributed by atoms with Crippen molar-refractivity contribution in [1.82, 2.24) is 9.80 Å². The Morgan fingerprint density at radius 1 is 0.872 bits per heavy atom. The molecule has 1 aromatic carbocycles. The molecule has 0 spiro atoms. The third kappa shape index (κ3) is 12.1. The molecule has 11 heteroatoms. The molecule has 1 aromatic rings. The number of anilines is 1. The molecule has 222 valence electrons. The molecule has 0 unspecified atom stereocenters. The highest BCUT2D eigenvalue weighted by Gasteiger charge is 2.40. The quantitative estimate of drug-likeness (QED) is 0.249. The van der Waals surface area contributed by atoms with Gasteiger partial charge in [-0.15, -0.1) is 0 Å². The summed E-state index contributed by atoms with van der Waals surface area (Å²) in [6.45, 7) is 12.1. The molecule has 1 heterocycles. The average Bonchev–Trinajstić information content (AvgIpc) is 3.44. The van der Waals surface area contributed by atoms with Gasteiger partial charge in [0.25, 0.3) is 0 Å². The van der Waals surface area contributed by atoms with Crippen LogP contribution in [0.15, 0.2) is 24.3 Å². The van der Waals surface area contributed by atoms with Gasteiger partial charge in [0, 0.05) is 38.0 Å². The number of rotatable bonds is 19. The van der Waals surface area contributed by atoms with E-state index < -0.39 is 17.7 Å². The van der Waals surface area contributed by atoms with Crippen molar-refractivity contribution in [3.8, 4) is 0 Å².